The molecule has 0 spiro atoms. The second kappa shape index (κ2) is 40.5. The number of unbranched alkanes of at least 4 members (excludes halogenated alkanes) is 1. The zero-order valence-electron chi connectivity index (χ0n) is 62.4. The summed E-state index contributed by atoms with van der Waals surface area (Å²) in [6, 6.07) is -14.8. The molecule has 1 heterocycles. The monoisotopic (exact) mass is 1350 g/mol. The molecule has 0 radical (unpaired) electrons. The van der Waals surface area contributed by atoms with Crippen molar-refractivity contribution in [2.24, 2.45) is 35.5 Å². The standard InChI is InChI=1S/C69H125N11O15/c1-26-28-31-45(13)57(81)56-61(85)72-48(27-2)63(87)78(22)53(39-95-35-30-29-34-94-25)66(90)77(21)52(38-69(16,17)93)60(84)73-54(43(9)10)67(91)75(19)50(36-41(5)6)59(83)70-46(14)58(82)71-47(15)62(86)76(20)51(37-42(7)8)65(89)74(18)49(33-32-40(3)4)64(88)79(23)55(44(11)12)68(92)80(56)24/h26,28,40-57,81,93H,27,29-39H2,1-25H3,(H,70,83)(H,71,82)(H,72,85)(H,73,84)/b28-26+/t45-,46-,47+,48+,49+,50-,51+,52+,53-,54-,55+,56+,57-/m1/s1. The van der Waals surface area contributed by atoms with E-state index in [0.717, 1.165) is 14.7 Å². The summed E-state index contributed by atoms with van der Waals surface area (Å²) in [5.74, 6) is -10.4. The molecule has 546 valence electrons. The van der Waals surface area contributed by atoms with Crippen LogP contribution in [0.25, 0.3) is 0 Å². The van der Waals surface area contributed by atoms with E-state index in [-0.39, 0.29) is 62.9 Å². The number of carbonyl (C=O) groups is 11. The van der Waals surface area contributed by atoms with E-state index in [1.54, 1.807) is 67.7 Å². The van der Waals surface area contributed by atoms with Crippen molar-refractivity contribution < 1.29 is 72.4 Å². The Morgan fingerprint density at radius 3 is 1.49 bits per heavy atom. The van der Waals surface area contributed by atoms with Crippen molar-refractivity contribution in [1.82, 2.24) is 55.6 Å². The van der Waals surface area contributed by atoms with Crippen molar-refractivity contribution in [3.05, 3.63) is 12.2 Å². The topological polar surface area (TPSA) is 317 Å². The largest absolute Gasteiger partial charge is 0.390 e. The summed E-state index contributed by atoms with van der Waals surface area (Å²) in [5.41, 5.74) is -1.61. The van der Waals surface area contributed by atoms with E-state index in [0.29, 0.717) is 25.9 Å². The fourth-order valence-electron chi connectivity index (χ4n) is 11.7. The van der Waals surface area contributed by atoms with Gasteiger partial charge in [-0.25, -0.2) is 0 Å². The molecule has 0 aliphatic carbocycles. The fourth-order valence-corrected chi connectivity index (χ4v) is 11.7. The van der Waals surface area contributed by atoms with Crippen LogP contribution in [0.15, 0.2) is 12.2 Å². The summed E-state index contributed by atoms with van der Waals surface area (Å²) >= 11 is 0. The molecule has 0 aromatic carbocycles. The Kier molecular flexibility index (Phi) is 37.0. The van der Waals surface area contributed by atoms with Crippen molar-refractivity contribution in [1.29, 1.82) is 0 Å². The molecular weight excluding hydrogens is 1220 g/mol. The molecule has 1 rings (SSSR count). The smallest absolute Gasteiger partial charge is 0.248 e. The van der Waals surface area contributed by atoms with Crippen molar-refractivity contribution >= 4 is 65.0 Å². The maximum absolute atomic E-state index is 15.4. The number of methoxy groups -OCH3 is 1. The van der Waals surface area contributed by atoms with Crippen LogP contribution in [0.2, 0.25) is 0 Å². The van der Waals surface area contributed by atoms with Gasteiger partial charge in [-0.15, -0.1) is 0 Å². The molecule has 6 N–H and O–H groups in total. The molecule has 0 aromatic rings. The van der Waals surface area contributed by atoms with Gasteiger partial charge < -0.3 is 75.3 Å². The first-order chi connectivity index (χ1) is 44.0. The van der Waals surface area contributed by atoms with Gasteiger partial charge in [-0.05, 0) is 121 Å². The highest BCUT2D eigenvalue weighted by Crippen LogP contribution is 2.26. The highest BCUT2D eigenvalue weighted by molar-refractivity contribution is 6.00. The van der Waals surface area contributed by atoms with Gasteiger partial charge in [-0.3, -0.25) is 52.7 Å². The number of aliphatic hydroxyl groups is 2. The van der Waals surface area contributed by atoms with E-state index >= 15 is 28.8 Å². The zero-order chi connectivity index (χ0) is 73.4. The van der Waals surface area contributed by atoms with E-state index in [1.165, 1.54) is 96.6 Å². The van der Waals surface area contributed by atoms with Crippen LogP contribution in [-0.2, 0) is 62.2 Å². The number of ether oxygens (including phenoxy) is 2. The Morgan fingerprint density at radius 1 is 0.516 bits per heavy atom. The second-order valence-corrected chi connectivity index (χ2v) is 28.8. The Labute approximate surface area is 568 Å². The number of amides is 11. The molecule has 26 heteroatoms. The molecular formula is C69H125N11O15. The van der Waals surface area contributed by atoms with Crippen LogP contribution in [0.1, 0.15) is 175 Å². The number of hydrogen-bond donors (Lipinski definition) is 6. The van der Waals surface area contributed by atoms with Crippen molar-refractivity contribution in [2.45, 2.75) is 254 Å². The molecule has 95 heavy (non-hydrogen) atoms. The number of nitrogens with zero attached hydrogens (tertiary/aromatic N) is 7. The first-order valence-corrected chi connectivity index (χ1v) is 34.1. The van der Waals surface area contributed by atoms with E-state index in [2.05, 4.69) is 21.3 Å². The molecule has 0 aromatic heterocycles. The van der Waals surface area contributed by atoms with Gasteiger partial charge >= 0.3 is 0 Å². The van der Waals surface area contributed by atoms with Gasteiger partial charge in [-0.1, -0.05) is 95.2 Å². The van der Waals surface area contributed by atoms with Gasteiger partial charge in [0.15, 0.2) is 0 Å². The SMILES string of the molecule is C/C=C/C[C@@H](C)[C@@H](O)[C@H]1C(=O)N[C@@H](CC)C(=O)N(C)[C@H](COCCCCOC)C(=O)N(C)[C@@H](CC(C)(C)O)C(=O)N[C@H](C(C)C)C(=O)N(C)[C@H](CC(C)C)C(=O)N[C@H](C)C(=O)N[C@@H](C)C(=O)N(C)[C@@H](CC(C)C)C(=O)N(C)[C@@H](CCC(C)C)C(=O)N(C)[C@@H](C(C)C)C(=O)N1C. The normalized spacial score (nSPS) is 26.3. The maximum atomic E-state index is 15.4. The molecule has 26 nitrogen and oxygen atoms in total. The van der Waals surface area contributed by atoms with Crippen LogP contribution < -0.4 is 21.3 Å². The third-order valence-corrected chi connectivity index (χ3v) is 17.9. The molecule has 1 aliphatic heterocycles. The van der Waals surface area contributed by atoms with Gasteiger partial charge in [0.25, 0.3) is 0 Å². The van der Waals surface area contributed by atoms with Crippen LogP contribution in [0.5, 0.6) is 0 Å². The van der Waals surface area contributed by atoms with Gasteiger partial charge in [-0.2, -0.15) is 0 Å². The Balaban J connectivity index is 4.58. The molecule has 1 saturated heterocycles. The van der Waals surface area contributed by atoms with E-state index in [1.807, 2.05) is 41.5 Å². The van der Waals surface area contributed by atoms with Crippen LogP contribution in [-0.4, -0.2) is 264 Å². The third-order valence-electron chi connectivity index (χ3n) is 17.9. The molecule has 13 atom stereocenters. The lowest BCUT2D eigenvalue weighted by molar-refractivity contribution is -0.157. The van der Waals surface area contributed by atoms with E-state index in [9.17, 15) is 34.2 Å². The second-order valence-electron chi connectivity index (χ2n) is 28.8. The lowest BCUT2D eigenvalue weighted by atomic mass is 9.91. The van der Waals surface area contributed by atoms with Crippen LogP contribution in [0.4, 0.5) is 0 Å². The number of hydrogen-bond acceptors (Lipinski definition) is 15. The van der Waals surface area contributed by atoms with E-state index in [4.69, 9.17) is 9.47 Å². The predicted octanol–water partition coefficient (Wildman–Crippen LogP) is 3.59. The summed E-state index contributed by atoms with van der Waals surface area (Å²) in [5, 5.41) is 34.6. The first-order valence-electron chi connectivity index (χ1n) is 34.1. The van der Waals surface area contributed by atoms with E-state index < -0.39 is 168 Å². The highest BCUT2D eigenvalue weighted by atomic mass is 16.5. The van der Waals surface area contributed by atoms with Crippen LogP contribution in [0, 0.1) is 35.5 Å². The summed E-state index contributed by atoms with van der Waals surface area (Å²) in [6.07, 6.45) is 3.81. The maximum Gasteiger partial charge on any atom is 0.248 e. The third kappa shape index (κ3) is 25.9. The van der Waals surface area contributed by atoms with Gasteiger partial charge in [0, 0.05) is 76.1 Å². The highest BCUT2D eigenvalue weighted by Gasteiger charge is 2.47. The molecule has 1 fully saturated rings. The minimum Gasteiger partial charge on any atom is -0.390 e. The number of rotatable bonds is 23. The molecule has 11 amide bonds. The Hall–Kier alpha value is -6.25. The Morgan fingerprint density at radius 2 is 0.989 bits per heavy atom. The summed E-state index contributed by atoms with van der Waals surface area (Å²) < 4.78 is 11.3. The van der Waals surface area contributed by atoms with Gasteiger partial charge in [0.1, 0.15) is 66.5 Å². The summed E-state index contributed by atoms with van der Waals surface area (Å²) in [6.45, 7) is 29.1. The van der Waals surface area contributed by atoms with Crippen molar-refractivity contribution in [3.63, 3.8) is 0 Å². The van der Waals surface area contributed by atoms with Crippen molar-refractivity contribution in [2.75, 3.05) is 76.3 Å². The molecule has 0 saturated carbocycles. The molecule has 0 unspecified atom stereocenters. The van der Waals surface area contributed by atoms with Gasteiger partial charge in [0.05, 0.1) is 18.3 Å². The quantitative estimate of drug-likeness (QED) is 0.0629. The number of carbonyl (C=O) groups excluding carboxylic acids is 11. The average molecular weight is 1350 g/mol. The van der Waals surface area contributed by atoms with Crippen LogP contribution >= 0.6 is 0 Å². The number of aliphatic hydroxyl groups excluding tert-OH is 1. The summed E-state index contributed by atoms with van der Waals surface area (Å²) in [4.78, 5) is 172. The van der Waals surface area contributed by atoms with Gasteiger partial charge in [0.2, 0.25) is 65.0 Å². The number of allylic oxidation sites excluding steroid dienone is 2. The fraction of sp³-hybridized carbons (Fsp3) is 0.812. The average Bonchev–Trinajstić information content (AvgIpc) is 0.811. The zero-order valence-corrected chi connectivity index (χ0v) is 62.4. The first kappa shape index (κ1) is 86.8. The lowest BCUT2D eigenvalue weighted by Crippen LogP contribution is -2.64. The molecule has 0 bridgehead atoms. The number of likely N-dealkylation sites (N-methyl/N-ethyl adjacent to an activating group) is 7. The minimum atomic E-state index is -1.68. The number of nitrogens with one attached hydrogen (secondary N) is 4. The molecule has 1 aliphatic rings. The predicted molar refractivity (Wildman–Crippen MR) is 365 cm³/mol. The van der Waals surface area contributed by atoms with Crippen molar-refractivity contribution in [3.8, 4) is 0 Å². The minimum absolute atomic E-state index is 0.0539. The summed E-state index contributed by atoms with van der Waals surface area (Å²) in [7, 11) is 11.3. The lowest BCUT2D eigenvalue weighted by Gasteiger charge is -2.41. The van der Waals surface area contributed by atoms with Crippen LogP contribution in [0.3, 0.4) is 0 Å². The Bertz CT molecular complexity index is 2560.